The van der Waals surface area contributed by atoms with Crippen molar-refractivity contribution in [2.45, 2.75) is 0 Å². The standard InChI is InChI=1S/C13H11NO/c15-10-11-6-8-13(9-7-11)14-12-4-2-1-3-5-12/h1-10,14H. The molecule has 0 saturated heterocycles. The van der Waals surface area contributed by atoms with Crippen LogP contribution in [0.25, 0.3) is 0 Å². The smallest absolute Gasteiger partial charge is 0.150 e. The van der Waals surface area contributed by atoms with E-state index in [1.807, 2.05) is 42.5 Å². The molecular formula is C13H11NO. The van der Waals surface area contributed by atoms with E-state index in [1.54, 1.807) is 12.1 Å². The summed E-state index contributed by atoms with van der Waals surface area (Å²) in [5.74, 6) is 0. The normalized spacial score (nSPS) is 9.60. The molecule has 0 amide bonds. The van der Waals surface area contributed by atoms with Crippen molar-refractivity contribution < 1.29 is 4.79 Å². The largest absolute Gasteiger partial charge is 0.356 e. The van der Waals surface area contributed by atoms with E-state index < -0.39 is 0 Å². The van der Waals surface area contributed by atoms with Crippen molar-refractivity contribution in [2.24, 2.45) is 0 Å². The SMILES string of the molecule is O=Cc1ccc(Nc2ccccc2)cc1. The van der Waals surface area contributed by atoms with Crippen LogP contribution in [-0.2, 0) is 0 Å². The van der Waals surface area contributed by atoms with Crippen LogP contribution < -0.4 is 5.32 Å². The lowest BCUT2D eigenvalue weighted by Crippen LogP contribution is -1.89. The van der Waals surface area contributed by atoms with E-state index in [0.29, 0.717) is 5.56 Å². The summed E-state index contributed by atoms with van der Waals surface area (Å²) in [4.78, 5) is 10.5. The fourth-order valence-corrected chi connectivity index (χ4v) is 1.33. The number of para-hydroxylation sites is 1. The number of hydrogen-bond donors (Lipinski definition) is 1. The quantitative estimate of drug-likeness (QED) is 0.765. The Hall–Kier alpha value is -2.09. The van der Waals surface area contributed by atoms with E-state index in [-0.39, 0.29) is 0 Å². The first kappa shape index (κ1) is 9.46. The molecule has 0 aromatic heterocycles. The predicted octanol–water partition coefficient (Wildman–Crippen LogP) is 3.24. The molecule has 0 bridgehead atoms. The van der Waals surface area contributed by atoms with Crippen LogP contribution in [0.2, 0.25) is 0 Å². The molecule has 0 saturated carbocycles. The van der Waals surface area contributed by atoms with E-state index >= 15 is 0 Å². The predicted molar refractivity (Wildman–Crippen MR) is 61.6 cm³/mol. The van der Waals surface area contributed by atoms with Crippen LogP contribution in [0.4, 0.5) is 11.4 Å². The van der Waals surface area contributed by atoms with Gasteiger partial charge in [-0.1, -0.05) is 18.2 Å². The Balaban J connectivity index is 2.15. The average Bonchev–Trinajstić information content (AvgIpc) is 2.31. The Kier molecular flexibility index (Phi) is 2.79. The second kappa shape index (κ2) is 4.42. The Morgan fingerprint density at radius 1 is 0.800 bits per heavy atom. The van der Waals surface area contributed by atoms with Crippen molar-refractivity contribution in [3.63, 3.8) is 0 Å². The number of hydrogen-bond acceptors (Lipinski definition) is 2. The molecule has 74 valence electrons. The van der Waals surface area contributed by atoms with Crippen molar-refractivity contribution >= 4 is 17.7 Å². The van der Waals surface area contributed by atoms with E-state index in [0.717, 1.165) is 17.7 Å². The summed E-state index contributed by atoms with van der Waals surface area (Å²) in [5.41, 5.74) is 2.71. The van der Waals surface area contributed by atoms with E-state index in [9.17, 15) is 4.79 Å². The maximum Gasteiger partial charge on any atom is 0.150 e. The molecule has 2 rings (SSSR count). The molecule has 1 N–H and O–H groups in total. The van der Waals surface area contributed by atoms with Gasteiger partial charge in [-0.05, 0) is 36.4 Å². The highest BCUT2D eigenvalue weighted by atomic mass is 16.1. The lowest BCUT2D eigenvalue weighted by Gasteiger charge is -2.05. The number of rotatable bonds is 3. The van der Waals surface area contributed by atoms with Crippen LogP contribution >= 0.6 is 0 Å². The molecular weight excluding hydrogens is 186 g/mol. The molecule has 0 radical (unpaired) electrons. The lowest BCUT2D eigenvalue weighted by atomic mass is 10.2. The van der Waals surface area contributed by atoms with Crippen molar-refractivity contribution in [1.29, 1.82) is 0 Å². The topological polar surface area (TPSA) is 29.1 Å². The number of nitrogens with one attached hydrogen (secondary N) is 1. The van der Waals surface area contributed by atoms with Gasteiger partial charge in [-0.15, -0.1) is 0 Å². The van der Waals surface area contributed by atoms with Gasteiger partial charge in [-0.2, -0.15) is 0 Å². The Bertz CT molecular complexity index is 434. The summed E-state index contributed by atoms with van der Waals surface area (Å²) in [6.45, 7) is 0. The number of aldehydes is 1. The minimum Gasteiger partial charge on any atom is -0.356 e. The van der Waals surface area contributed by atoms with Crippen LogP contribution in [-0.4, -0.2) is 6.29 Å². The van der Waals surface area contributed by atoms with Crippen molar-refractivity contribution in [2.75, 3.05) is 5.32 Å². The molecule has 0 heterocycles. The molecule has 0 aliphatic heterocycles. The molecule has 2 heteroatoms. The third-order valence-electron chi connectivity index (χ3n) is 2.11. The third-order valence-corrected chi connectivity index (χ3v) is 2.11. The molecule has 0 atom stereocenters. The van der Waals surface area contributed by atoms with Crippen molar-refractivity contribution in [3.8, 4) is 0 Å². The Labute approximate surface area is 88.6 Å². The minimum absolute atomic E-state index is 0.689. The summed E-state index contributed by atoms with van der Waals surface area (Å²) in [6.07, 6.45) is 0.840. The van der Waals surface area contributed by atoms with Crippen molar-refractivity contribution in [3.05, 3.63) is 60.2 Å². The van der Waals surface area contributed by atoms with E-state index in [4.69, 9.17) is 0 Å². The van der Waals surface area contributed by atoms with Crippen LogP contribution in [0.5, 0.6) is 0 Å². The first-order valence-corrected chi connectivity index (χ1v) is 4.76. The molecule has 2 nitrogen and oxygen atoms in total. The highest BCUT2D eigenvalue weighted by Gasteiger charge is 1.93. The molecule has 0 spiro atoms. The van der Waals surface area contributed by atoms with Gasteiger partial charge in [0.1, 0.15) is 6.29 Å². The monoisotopic (exact) mass is 197 g/mol. The number of carbonyl (C=O) groups excluding carboxylic acids is 1. The van der Waals surface area contributed by atoms with Gasteiger partial charge < -0.3 is 5.32 Å². The number of carbonyl (C=O) groups is 1. The fraction of sp³-hybridized carbons (Fsp3) is 0. The zero-order valence-corrected chi connectivity index (χ0v) is 8.18. The van der Waals surface area contributed by atoms with Gasteiger partial charge in [-0.25, -0.2) is 0 Å². The van der Waals surface area contributed by atoms with E-state index in [1.165, 1.54) is 0 Å². The van der Waals surface area contributed by atoms with Gasteiger partial charge in [0.2, 0.25) is 0 Å². The zero-order chi connectivity index (χ0) is 10.5. The van der Waals surface area contributed by atoms with Gasteiger partial charge in [0, 0.05) is 16.9 Å². The Morgan fingerprint density at radius 3 is 2.00 bits per heavy atom. The van der Waals surface area contributed by atoms with Crippen molar-refractivity contribution in [1.82, 2.24) is 0 Å². The van der Waals surface area contributed by atoms with Crippen LogP contribution in [0.15, 0.2) is 54.6 Å². The number of benzene rings is 2. The molecule has 2 aromatic rings. The van der Waals surface area contributed by atoms with E-state index in [2.05, 4.69) is 5.32 Å². The highest BCUT2D eigenvalue weighted by molar-refractivity contribution is 5.76. The first-order valence-electron chi connectivity index (χ1n) is 4.76. The maximum atomic E-state index is 10.5. The molecule has 0 aliphatic rings. The zero-order valence-electron chi connectivity index (χ0n) is 8.18. The first-order chi connectivity index (χ1) is 7.38. The van der Waals surface area contributed by atoms with Gasteiger partial charge in [0.25, 0.3) is 0 Å². The Morgan fingerprint density at radius 2 is 1.40 bits per heavy atom. The van der Waals surface area contributed by atoms with Gasteiger partial charge in [0.15, 0.2) is 0 Å². The second-order valence-electron chi connectivity index (χ2n) is 3.23. The number of anilines is 2. The molecule has 0 fully saturated rings. The van der Waals surface area contributed by atoms with Gasteiger partial charge in [-0.3, -0.25) is 4.79 Å². The molecule has 0 aliphatic carbocycles. The summed E-state index contributed by atoms with van der Waals surface area (Å²) in [5, 5.41) is 3.24. The summed E-state index contributed by atoms with van der Waals surface area (Å²) >= 11 is 0. The summed E-state index contributed by atoms with van der Waals surface area (Å²) in [6, 6.07) is 17.3. The third kappa shape index (κ3) is 2.44. The highest BCUT2D eigenvalue weighted by Crippen LogP contribution is 2.15. The summed E-state index contributed by atoms with van der Waals surface area (Å²) < 4.78 is 0. The summed E-state index contributed by atoms with van der Waals surface area (Å²) in [7, 11) is 0. The van der Waals surface area contributed by atoms with Gasteiger partial charge >= 0.3 is 0 Å². The van der Waals surface area contributed by atoms with Gasteiger partial charge in [0.05, 0.1) is 0 Å². The van der Waals surface area contributed by atoms with Crippen LogP contribution in [0.1, 0.15) is 10.4 Å². The average molecular weight is 197 g/mol. The minimum atomic E-state index is 0.689. The molecule has 0 unspecified atom stereocenters. The second-order valence-corrected chi connectivity index (χ2v) is 3.23. The molecule has 15 heavy (non-hydrogen) atoms. The molecule has 2 aromatic carbocycles. The fourth-order valence-electron chi connectivity index (χ4n) is 1.33. The maximum absolute atomic E-state index is 10.5. The van der Waals surface area contributed by atoms with Crippen LogP contribution in [0, 0.1) is 0 Å². The van der Waals surface area contributed by atoms with Crippen LogP contribution in [0.3, 0.4) is 0 Å². The lowest BCUT2D eigenvalue weighted by molar-refractivity contribution is 0.112.